The Labute approximate surface area is 182 Å². The molecule has 0 spiro atoms. The first-order chi connectivity index (χ1) is 14.4. The van der Waals surface area contributed by atoms with E-state index in [2.05, 4.69) is 36.2 Å². The first-order valence-corrected chi connectivity index (χ1v) is 11.8. The van der Waals surface area contributed by atoms with Gasteiger partial charge in [-0.05, 0) is 94.4 Å². The van der Waals surface area contributed by atoms with E-state index < -0.39 is 6.10 Å². The van der Waals surface area contributed by atoms with Crippen molar-refractivity contribution in [1.29, 1.82) is 0 Å². The van der Waals surface area contributed by atoms with Crippen LogP contribution in [-0.4, -0.2) is 55.5 Å². The van der Waals surface area contributed by atoms with E-state index in [-0.39, 0.29) is 6.61 Å². The molecule has 4 aliphatic rings. The van der Waals surface area contributed by atoms with Crippen LogP contribution in [0.5, 0.6) is 11.5 Å². The van der Waals surface area contributed by atoms with E-state index in [0.717, 1.165) is 36.0 Å². The minimum atomic E-state index is -0.531. The summed E-state index contributed by atoms with van der Waals surface area (Å²) in [6, 6.07) is 7.25. The molecule has 0 amide bonds. The Bertz CT molecular complexity index is 680. The molecule has 0 aliphatic heterocycles. The molecule has 1 aromatic rings. The highest BCUT2D eigenvalue weighted by Crippen LogP contribution is 2.53. The standard InChI is InChI=1S/C25H40N2O3/c1-16(2)27(3)14-22(28)15-30-24-12-17(5-6-23(24)29-4)13-26-25-20-8-18-7-19(10-20)11-21(25)9-18/h5-6,12,16,18-22,25-26,28H,7-11,13-15H2,1-4H3. The molecular weight excluding hydrogens is 376 g/mol. The van der Waals surface area contributed by atoms with Gasteiger partial charge < -0.3 is 24.8 Å². The minimum Gasteiger partial charge on any atom is -0.493 e. The van der Waals surface area contributed by atoms with E-state index >= 15 is 0 Å². The van der Waals surface area contributed by atoms with Crippen LogP contribution in [0.3, 0.4) is 0 Å². The second-order valence-electron chi connectivity index (χ2n) is 10.3. The summed E-state index contributed by atoms with van der Waals surface area (Å²) >= 11 is 0. The molecule has 4 aliphatic carbocycles. The van der Waals surface area contributed by atoms with E-state index in [1.807, 2.05) is 13.1 Å². The highest BCUT2D eigenvalue weighted by atomic mass is 16.5. The monoisotopic (exact) mass is 416 g/mol. The molecule has 1 atom stereocenters. The third-order valence-electron chi connectivity index (χ3n) is 7.81. The van der Waals surface area contributed by atoms with Gasteiger partial charge in [-0.25, -0.2) is 0 Å². The molecule has 5 rings (SSSR count). The lowest BCUT2D eigenvalue weighted by Crippen LogP contribution is -2.54. The maximum absolute atomic E-state index is 10.3. The van der Waals surface area contributed by atoms with Gasteiger partial charge in [0.15, 0.2) is 11.5 Å². The van der Waals surface area contributed by atoms with Crippen molar-refractivity contribution in [3.05, 3.63) is 23.8 Å². The molecule has 0 heterocycles. The number of ether oxygens (including phenoxy) is 2. The summed E-state index contributed by atoms with van der Waals surface area (Å²) in [5.74, 6) is 5.21. The van der Waals surface area contributed by atoms with Crippen LogP contribution in [0.25, 0.3) is 0 Å². The molecule has 30 heavy (non-hydrogen) atoms. The molecule has 4 bridgehead atoms. The lowest BCUT2D eigenvalue weighted by atomic mass is 9.54. The highest BCUT2D eigenvalue weighted by molar-refractivity contribution is 5.43. The normalized spacial score (nSPS) is 30.8. The van der Waals surface area contributed by atoms with E-state index in [1.165, 1.54) is 37.7 Å². The number of hydrogen-bond acceptors (Lipinski definition) is 5. The van der Waals surface area contributed by atoms with Crippen molar-refractivity contribution in [2.45, 2.75) is 70.7 Å². The number of aliphatic hydroxyl groups is 1. The lowest BCUT2D eigenvalue weighted by molar-refractivity contribution is -0.0142. The van der Waals surface area contributed by atoms with Crippen LogP contribution in [0, 0.1) is 23.7 Å². The average Bonchev–Trinajstić information content (AvgIpc) is 2.71. The van der Waals surface area contributed by atoms with Crippen LogP contribution in [0.15, 0.2) is 18.2 Å². The van der Waals surface area contributed by atoms with Crippen molar-refractivity contribution in [2.75, 3.05) is 27.3 Å². The fraction of sp³-hybridized carbons (Fsp3) is 0.760. The Kier molecular flexibility index (Phi) is 6.91. The van der Waals surface area contributed by atoms with Gasteiger partial charge in [0.05, 0.1) is 7.11 Å². The quantitative estimate of drug-likeness (QED) is 0.609. The van der Waals surface area contributed by atoms with E-state index in [0.29, 0.717) is 24.4 Å². The van der Waals surface area contributed by atoms with Gasteiger partial charge in [0.25, 0.3) is 0 Å². The molecule has 1 unspecified atom stereocenters. The van der Waals surface area contributed by atoms with Gasteiger partial charge in [-0.1, -0.05) is 6.07 Å². The lowest BCUT2D eigenvalue weighted by Gasteiger charge is -2.54. The number of benzene rings is 1. The summed E-state index contributed by atoms with van der Waals surface area (Å²) in [7, 11) is 3.68. The van der Waals surface area contributed by atoms with Gasteiger partial charge in [0.2, 0.25) is 0 Å². The van der Waals surface area contributed by atoms with Crippen molar-refractivity contribution in [3.8, 4) is 11.5 Å². The Hall–Kier alpha value is -1.30. The number of nitrogens with zero attached hydrogens (tertiary/aromatic N) is 1. The molecule has 0 saturated heterocycles. The van der Waals surface area contributed by atoms with Crippen LogP contribution in [0.1, 0.15) is 51.5 Å². The molecule has 4 fully saturated rings. The minimum absolute atomic E-state index is 0.264. The Morgan fingerprint density at radius 2 is 1.73 bits per heavy atom. The fourth-order valence-corrected chi connectivity index (χ4v) is 6.22. The van der Waals surface area contributed by atoms with Gasteiger partial charge in [-0.3, -0.25) is 0 Å². The molecule has 5 heteroatoms. The predicted octanol–water partition coefficient (Wildman–Crippen LogP) is 3.69. The van der Waals surface area contributed by atoms with Gasteiger partial charge in [0, 0.05) is 25.2 Å². The zero-order chi connectivity index (χ0) is 21.3. The molecular formula is C25H40N2O3. The second kappa shape index (κ2) is 9.46. The van der Waals surface area contributed by atoms with Crippen LogP contribution in [0.4, 0.5) is 0 Å². The average molecular weight is 417 g/mol. The topological polar surface area (TPSA) is 54.0 Å². The smallest absolute Gasteiger partial charge is 0.161 e. The number of nitrogens with one attached hydrogen (secondary N) is 1. The molecule has 4 saturated carbocycles. The molecule has 1 aromatic carbocycles. The number of likely N-dealkylation sites (N-methyl/N-ethyl adjacent to an activating group) is 1. The zero-order valence-corrected chi connectivity index (χ0v) is 19.1. The molecule has 168 valence electrons. The fourth-order valence-electron chi connectivity index (χ4n) is 6.22. The summed E-state index contributed by atoms with van der Waals surface area (Å²) in [6.45, 7) is 5.97. The highest BCUT2D eigenvalue weighted by Gasteiger charge is 2.47. The number of aliphatic hydroxyl groups excluding tert-OH is 1. The Morgan fingerprint density at radius 3 is 2.33 bits per heavy atom. The maximum Gasteiger partial charge on any atom is 0.161 e. The largest absolute Gasteiger partial charge is 0.493 e. The van der Waals surface area contributed by atoms with E-state index in [1.54, 1.807) is 7.11 Å². The SMILES string of the molecule is COc1ccc(CNC2C3CC4CC(C3)CC2C4)cc1OCC(O)CN(C)C(C)C. The van der Waals surface area contributed by atoms with Crippen molar-refractivity contribution in [2.24, 2.45) is 23.7 Å². The van der Waals surface area contributed by atoms with Gasteiger partial charge in [-0.15, -0.1) is 0 Å². The van der Waals surface area contributed by atoms with Crippen LogP contribution < -0.4 is 14.8 Å². The molecule has 0 radical (unpaired) electrons. The van der Waals surface area contributed by atoms with Gasteiger partial charge >= 0.3 is 0 Å². The maximum atomic E-state index is 10.3. The van der Waals surface area contributed by atoms with Gasteiger partial charge in [0.1, 0.15) is 12.7 Å². The number of rotatable bonds is 10. The third kappa shape index (κ3) is 4.95. The first-order valence-electron chi connectivity index (χ1n) is 11.8. The van der Waals surface area contributed by atoms with Crippen molar-refractivity contribution < 1.29 is 14.6 Å². The zero-order valence-electron chi connectivity index (χ0n) is 19.1. The molecule has 2 N–H and O–H groups in total. The number of methoxy groups -OCH3 is 1. The summed E-state index contributed by atoms with van der Waals surface area (Å²) in [5.41, 5.74) is 1.22. The van der Waals surface area contributed by atoms with Crippen molar-refractivity contribution in [3.63, 3.8) is 0 Å². The van der Waals surface area contributed by atoms with Gasteiger partial charge in [-0.2, -0.15) is 0 Å². The molecule has 0 aromatic heterocycles. The van der Waals surface area contributed by atoms with Crippen LogP contribution >= 0.6 is 0 Å². The summed E-state index contributed by atoms with van der Waals surface area (Å²) in [4.78, 5) is 2.12. The van der Waals surface area contributed by atoms with E-state index in [4.69, 9.17) is 9.47 Å². The predicted molar refractivity (Wildman–Crippen MR) is 120 cm³/mol. The Morgan fingerprint density at radius 1 is 1.07 bits per heavy atom. The number of hydrogen-bond donors (Lipinski definition) is 2. The van der Waals surface area contributed by atoms with Crippen molar-refractivity contribution >= 4 is 0 Å². The first kappa shape index (κ1) is 21.9. The summed E-state index contributed by atoms with van der Waals surface area (Å²) < 4.78 is 11.5. The van der Waals surface area contributed by atoms with E-state index in [9.17, 15) is 5.11 Å². The second-order valence-corrected chi connectivity index (χ2v) is 10.3. The molecule has 5 nitrogen and oxygen atoms in total. The third-order valence-corrected chi connectivity index (χ3v) is 7.81. The van der Waals surface area contributed by atoms with Crippen molar-refractivity contribution in [1.82, 2.24) is 10.2 Å². The van der Waals surface area contributed by atoms with Crippen LogP contribution in [-0.2, 0) is 6.54 Å². The summed E-state index contributed by atoms with van der Waals surface area (Å²) in [6.07, 6.45) is 6.71. The van der Waals surface area contributed by atoms with Crippen LogP contribution in [0.2, 0.25) is 0 Å². The summed E-state index contributed by atoms with van der Waals surface area (Å²) in [5, 5.41) is 14.2. The Balaban J connectivity index is 1.33.